The maximum Gasteiger partial charge on any atom is 0.178 e. The monoisotopic (exact) mass is 156 g/mol. The molecule has 0 radical (unpaired) electrons. The summed E-state index contributed by atoms with van der Waals surface area (Å²) in [6, 6.07) is 0. The van der Waals surface area contributed by atoms with E-state index in [1.54, 1.807) is 5.38 Å². The third kappa shape index (κ3) is 1.40. The van der Waals surface area contributed by atoms with Gasteiger partial charge in [-0.1, -0.05) is 0 Å². The lowest BCUT2D eigenvalue weighted by Crippen LogP contribution is -1.97. The highest BCUT2D eigenvalue weighted by atomic mass is 32.1. The number of nitrogens with zero attached hydrogens (tertiary/aromatic N) is 1. The molecule has 0 saturated heterocycles. The molecule has 0 fully saturated rings. The fourth-order valence-electron chi connectivity index (χ4n) is 0.566. The SMILES string of the molecule is CC(=O)c1csc(CN)n1. The molecule has 1 rings (SSSR count). The van der Waals surface area contributed by atoms with Crippen LogP contribution in [0.1, 0.15) is 22.4 Å². The number of nitrogens with two attached hydrogens (primary N) is 1. The minimum absolute atomic E-state index is 0.00375. The summed E-state index contributed by atoms with van der Waals surface area (Å²) in [7, 11) is 0. The average molecular weight is 156 g/mol. The zero-order valence-corrected chi connectivity index (χ0v) is 6.44. The molecule has 3 nitrogen and oxygen atoms in total. The molecule has 1 heterocycles. The second-order valence-electron chi connectivity index (χ2n) is 1.89. The Labute approximate surface area is 62.9 Å². The Morgan fingerprint density at radius 3 is 2.90 bits per heavy atom. The van der Waals surface area contributed by atoms with Crippen molar-refractivity contribution in [2.75, 3.05) is 0 Å². The third-order valence-corrected chi connectivity index (χ3v) is 1.96. The van der Waals surface area contributed by atoms with Crippen molar-refractivity contribution in [2.45, 2.75) is 13.5 Å². The van der Waals surface area contributed by atoms with Crippen LogP contribution in [0, 0.1) is 0 Å². The van der Waals surface area contributed by atoms with Crippen molar-refractivity contribution in [3.05, 3.63) is 16.1 Å². The molecule has 0 amide bonds. The van der Waals surface area contributed by atoms with Crippen molar-refractivity contribution in [1.29, 1.82) is 0 Å². The summed E-state index contributed by atoms with van der Waals surface area (Å²) in [5.41, 5.74) is 5.82. The highest BCUT2D eigenvalue weighted by molar-refractivity contribution is 7.09. The van der Waals surface area contributed by atoms with Gasteiger partial charge in [-0.3, -0.25) is 4.79 Å². The molecule has 0 saturated carbocycles. The molecule has 0 aliphatic heterocycles. The predicted octanol–water partition coefficient (Wildman–Crippen LogP) is 0.804. The van der Waals surface area contributed by atoms with E-state index in [4.69, 9.17) is 5.73 Å². The van der Waals surface area contributed by atoms with Gasteiger partial charge in [-0.15, -0.1) is 11.3 Å². The van der Waals surface area contributed by atoms with Crippen LogP contribution < -0.4 is 5.73 Å². The molecule has 1 aromatic rings. The molecule has 0 aliphatic rings. The Balaban J connectivity index is 2.88. The molecule has 0 aliphatic carbocycles. The summed E-state index contributed by atoms with van der Waals surface area (Å²) in [6.45, 7) is 1.91. The van der Waals surface area contributed by atoms with Crippen LogP contribution in [0.25, 0.3) is 0 Å². The van der Waals surface area contributed by atoms with Crippen molar-refractivity contribution in [1.82, 2.24) is 4.98 Å². The van der Waals surface area contributed by atoms with Crippen molar-refractivity contribution >= 4 is 17.1 Å². The minimum Gasteiger partial charge on any atom is -0.325 e. The second kappa shape index (κ2) is 2.90. The van der Waals surface area contributed by atoms with Crippen LogP contribution in [0.5, 0.6) is 0 Å². The number of carbonyl (C=O) groups excluding carboxylic acids is 1. The first-order valence-electron chi connectivity index (χ1n) is 2.89. The highest BCUT2D eigenvalue weighted by Crippen LogP contribution is 2.08. The standard InChI is InChI=1S/C6H8N2OS/c1-4(9)5-3-10-6(2-7)8-5/h3H,2,7H2,1H3. The Morgan fingerprint density at radius 1 is 1.90 bits per heavy atom. The van der Waals surface area contributed by atoms with Gasteiger partial charge in [-0.05, 0) is 0 Å². The molecule has 4 heteroatoms. The van der Waals surface area contributed by atoms with Gasteiger partial charge in [0, 0.05) is 18.8 Å². The van der Waals surface area contributed by atoms with E-state index >= 15 is 0 Å². The van der Waals surface area contributed by atoms with Gasteiger partial charge in [0.25, 0.3) is 0 Å². The summed E-state index contributed by atoms with van der Waals surface area (Å²) in [6.07, 6.45) is 0. The van der Waals surface area contributed by atoms with E-state index in [1.165, 1.54) is 18.3 Å². The zero-order chi connectivity index (χ0) is 7.56. The molecule has 0 aromatic carbocycles. The summed E-state index contributed by atoms with van der Waals surface area (Å²) in [4.78, 5) is 14.7. The molecule has 1 aromatic heterocycles. The van der Waals surface area contributed by atoms with Gasteiger partial charge in [-0.25, -0.2) is 4.98 Å². The molecule has 54 valence electrons. The Bertz CT molecular complexity index is 244. The Kier molecular flexibility index (Phi) is 2.13. The summed E-state index contributed by atoms with van der Waals surface area (Å²) >= 11 is 1.42. The largest absolute Gasteiger partial charge is 0.325 e. The topological polar surface area (TPSA) is 56.0 Å². The molecule has 0 spiro atoms. The lowest BCUT2D eigenvalue weighted by molar-refractivity contribution is 0.101. The lowest BCUT2D eigenvalue weighted by Gasteiger charge is -1.83. The number of thiazole rings is 1. The fraction of sp³-hybridized carbons (Fsp3) is 0.333. The number of aromatic nitrogens is 1. The van der Waals surface area contributed by atoms with Crippen LogP contribution >= 0.6 is 11.3 Å². The van der Waals surface area contributed by atoms with Crippen molar-refractivity contribution in [3.63, 3.8) is 0 Å². The van der Waals surface area contributed by atoms with E-state index in [1.807, 2.05) is 0 Å². The van der Waals surface area contributed by atoms with Crippen molar-refractivity contribution in [3.8, 4) is 0 Å². The molecular weight excluding hydrogens is 148 g/mol. The minimum atomic E-state index is -0.00375. The van der Waals surface area contributed by atoms with E-state index in [2.05, 4.69) is 4.98 Å². The van der Waals surface area contributed by atoms with Gasteiger partial charge in [0.2, 0.25) is 0 Å². The zero-order valence-electron chi connectivity index (χ0n) is 5.63. The first kappa shape index (κ1) is 7.37. The maximum atomic E-state index is 10.7. The quantitative estimate of drug-likeness (QED) is 0.644. The normalized spacial score (nSPS) is 9.80. The van der Waals surface area contributed by atoms with Crippen molar-refractivity contribution in [2.24, 2.45) is 5.73 Å². The Morgan fingerprint density at radius 2 is 2.60 bits per heavy atom. The number of Topliss-reactive ketones (excluding diaryl/α,β-unsaturated/α-hetero) is 1. The smallest absolute Gasteiger partial charge is 0.178 e. The highest BCUT2D eigenvalue weighted by Gasteiger charge is 2.03. The van der Waals surface area contributed by atoms with Gasteiger partial charge in [0.1, 0.15) is 10.7 Å². The van der Waals surface area contributed by atoms with Crippen LogP contribution in [-0.2, 0) is 6.54 Å². The molecular formula is C6H8N2OS. The average Bonchev–Trinajstić information content (AvgIpc) is 2.34. The van der Waals surface area contributed by atoms with Gasteiger partial charge in [0.15, 0.2) is 5.78 Å². The first-order valence-corrected chi connectivity index (χ1v) is 3.77. The van der Waals surface area contributed by atoms with Crippen LogP contribution in [0.2, 0.25) is 0 Å². The number of carbonyl (C=O) groups is 1. The van der Waals surface area contributed by atoms with E-state index in [0.29, 0.717) is 12.2 Å². The summed E-state index contributed by atoms with van der Waals surface area (Å²) in [5.74, 6) is -0.00375. The second-order valence-corrected chi connectivity index (χ2v) is 2.83. The third-order valence-electron chi connectivity index (χ3n) is 1.09. The van der Waals surface area contributed by atoms with E-state index in [0.717, 1.165) is 5.01 Å². The summed E-state index contributed by atoms with van der Waals surface area (Å²) in [5, 5.41) is 2.54. The first-order chi connectivity index (χ1) is 4.74. The fourth-order valence-corrected chi connectivity index (χ4v) is 1.28. The molecule has 10 heavy (non-hydrogen) atoms. The lowest BCUT2D eigenvalue weighted by atomic mass is 10.4. The molecule has 0 atom stereocenters. The van der Waals surface area contributed by atoms with Crippen molar-refractivity contribution < 1.29 is 4.79 Å². The van der Waals surface area contributed by atoms with E-state index < -0.39 is 0 Å². The number of ketones is 1. The van der Waals surface area contributed by atoms with E-state index in [-0.39, 0.29) is 5.78 Å². The van der Waals surface area contributed by atoms with Crippen LogP contribution in [0.4, 0.5) is 0 Å². The van der Waals surface area contributed by atoms with Gasteiger partial charge < -0.3 is 5.73 Å². The van der Waals surface area contributed by atoms with Crippen LogP contribution in [0.3, 0.4) is 0 Å². The summed E-state index contributed by atoms with van der Waals surface area (Å²) < 4.78 is 0. The van der Waals surface area contributed by atoms with Gasteiger partial charge >= 0.3 is 0 Å². The Hall–Kier alpha value is -0.740. The number of hydrogen-bond acceptors (Lipinski definition) is 4. The number of rotatable bonds is 2. The van der Waals surface area contributed by atoms with Gasteiger partial charge in [0.05, 0.1) is 0 Å². The van der Waals surface area contributed by atoms with Crippen LogP contribution in [0.15, 0.2) is 5.38 Å². The molecule has 0 bridgehead atoms. The molecule has 2 N–H and O–H groups in total. The number of hydrogen-bond donors (Lipinski definition) is 1. The van der Waals surface area contributed by atoms with Gasteiger partial charge in [-0.2, -0.15) is 0 Å². The van der Waals surface area contributed by atoms with E-state index in [9.17, 15) is 4.79 Å². The molecule has 0 unspecified atom stereocenters. The maximum absolute atomic E-state index is 10.7. The predicted molar refractivity (Wildman–Crippen MR) is 40.0 cm³/mol. The van der Waals surface area contributed by atoms with Crippen LogP contribution in [-0.4, -0.2) is 10.8 Å².